The van der Waals surface area contributed by atoms with Gasteiger partial charge in [0.1, 0.15) is 6.23 Å². The topological polar surface area (TPSA) is 90.4 Å². The summed E-state index contributed by atoms with van der Waals surface area (Å²) in [6, 6.07) is 1.25. The van der Waals surface area contributed by atoms with Crippen LogP contribution in [0.3, 0.4) is 0 Å². The van der Waals surface area contributed by atoms with Crippen LogP contribution in [-0.2, 0) is 14.3 Å². The van der Waals surface area contributed by atoms with E-state index in [2.05, 4.69) is 4.98 Å². The summed E-state index contributed by atoms with van der Waals surface area (Å²) in [4.78, 5) is 37.0. The summed E-state index contributed by atoms with van der Waals surface area (Å²) >= 11 is 0. The van der Waals surface area contributed by atoms with Crippen LogP contribution in [-0.4, -0.2) is 28.7 Å². The van der Waals surface area contributed by atoms with Crippen molar-refractivity contribution < 1.29 is 14.3 Å². The molecule has 0 saturated carbocycles. The van der Waals surface area contributed by atoms with E-state index in [1.54, 1.807) is 6.92 Å². The number of methoxy groups -OCH3 is 1. The minimum Gasteiger partial charge on any atom is -0.469 e. The normalized spacial score (nSPS) is 29.4. The molecule has 20 heavy (non-hydrogen) atoms. The lowest BCUT2D eigenvalue weighted by molar-refractivity contribution is -0.155. The third-order valence-corrected chi connectivity index (χ3v) is 3.81. The van der Waals surface area contributed by atoms with Crippen LogP contribution in [0.25, 0.3) is 0 Å². The molecule has 7 heteroatoms. The quantitative estimate of drug-likeness (QED) is 0.811. The van der Waals surface area contributed by atoms with Gasteiger partial charge in [0.05, 0.1) is 18.6 Å². The van der Waals surface area contributed by atoms with Crippen molar-refractivity contribution in [3.63, 3.8) is 0 Å². The van der Waals surface area contributed by atoms with Crippen molar-refractivity contribution in [2.45, 2.75) is 39.0 Å². The number of aromatic amines is 1. The molecular formula is C13H18N2O5. The van der Waals surface area contributed by atoms with Gasteiger partial charge in [0, 0.05) is 18.7 Å². The Hall–Kier alpha value is -1.89. The number of ether oxygens (including phenoxy) is 2. The van der Waals surface area contributed by atoms with Crippen molar-refractivity contribution in [2.24, 2.45) is 5.41 Å². The summed E-state index contributed by atoms with van der Waals surface area (Å²) in [6.45, 7) is 3.67. The van der Waals surface area contributed by atoms with Gasteiger partial charge in [-0.2, -0.15) is 0 Å². The Labute approximate surface area is 115 Å². The van der Waals surface area contributed by atoms with Crippen molar-refractivity contribution in [1.29, 1.82) is 0 Å². The number of aromatic nitrogens is 2. The first-order valence-electron chi connectivity index (χ1n) is 6.47. The third-order valence-electron chi connectivity index (χ3n) is 3.81. The molecule has 1 aromatic rings. The molecule has 0 aliphatic carbocycles. The zero-order valence-electron chi connectivity index (χ0n) is 11.7. The molecule has 7 nitrogen and oxygen atoms in total. The molecular weight excluding hydrogens is 264 g/mol. The number of carbonyl (C=O) groups is 1. The Kier molecular flexibility index (Phi) is 3.80. The Morgan fingerprint density at radius 3 is 2.85 bits per heavy atom. The molecule has 0 aromatic carbocycles. The number of nitrogens with one attached hydrogen (secondary N) is 1. The molecule has 1 aliphatic rings. The maximum absolute atomic E-state index is 12.0. The minimum atomic E-state index is -0.802. The summed E-state index contributed by atoms with van der Waals surface area (Å²) in [7, 11) is 1.33. The highest BCUT2D eigenvalue weighted by molar-refractivity contribution is 5.77. The van der Waals surface area contributed by atoms with Crippen LogP contribution in [0.15, 0.2) is 21.9 Å². The largest absolute Gasteiger partial charge is 0.469 e. The smallest absolute Gasteiger partial charge is 0.330 e. The van der Waals surface area contributed by atoms with Gasteiger partial charge in [-0.1, -0.05) is 6.92 Å². The van der Waals surface area contributed by atoms with Gasteiger partial charge in [-0.25, -0.2) is 4.79 Å². The van der Waals surface area contributed by atoms with Gasteiger partial charge in [0.2, 0.25) is 0 Å². The number of rotatable bonds is 3. The van der Waals surface area contributed by atoms with Crippen molar-refractivity contribution in [2.75, 3.05) is 7.11 Å². The second-order valence-corrected chi connectivity index (χ2v) is 5.12. The van der Waals surface area contributed by atoms with Gasteiger partial charge in [-0.15, -0.1) is 0 Å². The Balaban J connectivity index is 2.36. The van der Waals surface area contributed by atoms with Gasteiger partial charge in [-0.3, -0.25) is 19.1 Å². The van der Waals surface area contributed by atoms with Crippen LogP contribution in [0.5, 0.6) is 0 Å². The first-order chi connectivity index (χ1) is 9.42. The van der Waals surface area contributed by atoms with E-state index in [-0.39, 0.29) is 12.1 Å². The predicted octanol–water partition coefficient (Wildman–Crippen LogP) is 0.413. The highest BCUT2D eigenvalue weighted by Crippen LogP contribution is 2.44. The first kappa shape index (κ1) is 14.5. The van der Waals surface area contributed by atoms with Crippen LogP contribution < -0.4 is 11.2 Å². The monoisotopic (exact) mass is 282 g/mol. The number of esters is 1. The van der Waals surface area contributed by atoms with E-state index in [0.29, 0.717) is 12.8 Å². The van der Waals surface area contributed by atoms with Crippen molar-refractivity contribution in [1.82, 2.24) is 9.55 Å². The van der Waals surface area contributed by atoms with Gasteiger partial charge in [-0.05, 0) is 13.3 Å². The van der Waals surface area contributed by atoms with E-state index in [0.717, 1.165) is 0 Å². The Morgan fingerprint density at radius 2 is 2.30 bits per heavy atom. The van der Waals surface area contributed by atoms with Gasteiger partial charge >= 0.3 is 11.7 Å². The molecule has 2 rings (SSSR count). The molecule has 0 spiro atoms. The van der Waals surface area contributed by atoms with E-state index < -0.39 is 22.9 Å². The van der Waals surface area contributed by atoms with Crippen molar-refractivity contribution in [3.05, 3.63) is 33.1 Å². The zero-order valence-corrected chi connectivity index (χ0v) is 11.7. The fourth-order valence-electron chi connectivity index (χ4n) is 2.69. The van der Waals surface area contributed by atoms with E-state index >= 15 is 0 Å². The number of H-pyrrole nitrogens is 1. The zero-order chi connectivity index (χ0) is 14.9. The van der Waals surface area contributed by atoms with Crippen molar-refractivity contribution in [3.8, 4) is 0 Å². The lowest BCUT2D eigenvalue weighted by Gasteiger charge is -2.25. The van der Waals surface area contributed by atoms with Crippen LogP contribution in [0.4, 0.5) is 0 Å². The summed E-state index contributed by atoms with van der Waals surface area (Å²) in [5.74, 6) is -0.357. The molecule has 0 amide bonds. The second-order valence-electron chi connectivity index (χ2n) is 5.12. The Bertz CT molecular complexity index is 620. The van der Waals surface area contributed by atoms with Crippen molar-refractivity contribution >= 4 is 5.97 Å². The molecule has 1 aliphatic heterocycles. The van der Waals surface area contributed by atoms with Crippen LogP contribution in [0.1, 0.15) is 32.9 Å². The standard InChI is InChI=1S/C13H18N2O5/c1-4-8-13(2,11(17)19-3)7-10(20-8)15-6-5-9(16)14-12(15)18/h5-6,8,10H,4,7H2,1-3H3,(H,14,16,18). The van der Waals surface area contributed by atoms with Gasteiger partial charge < -0.3 is 9.47 Å². The molecule has 0 bridgehead atoms. The highest BCUT2D eigenvalue weighted by Gasteiger charge is 2.51. The molecule has 1 saturated heterocycles. The maximum atomic E-state index is 12.0. The molecule has 2 heterocycles. The fraction of sp³-hybridized carbons (Fsp3) is 0.615. The lowest BCUT2D eigenvalue weighted by Crippen LogP contribution is -2.36. The van der Waals surface area contributed by atoms with E-state index in [9.17, 15) is 14.4 Å². The molecule has 3 unspecified atom stereocenters. The predicted molar refractivity (Wildman–Crippen MR) is 70.3 cm³/mol. The van der Waals surface area contributed by atoms with Crippen LogP contribution >= 0.6 is 0 Å². The Morgan fingerprint density at radius 1 is 1.60 bits per heavy atom. The molecule has 1 aromatic heterocycles. The summed E-state index contributed by atoms with van der Waals surface area (Å²) in [5, 5.41) is 0. The summed E-state index contributed by atoms with van der Waals surface area (Å²) < 4.78 is 11.9. The first-order valence-corrected chi connectivity index (χ1v) is 6.47. The van der Waals surface area contributed by atoms with E-state index in [4.69, 9.17) is 9.47 Å². The average molecular weight is 282 g/mol. The molecule has 0 radical (unpaired) electrons. The number of carbonyl (C=O) groups excluding carboxylic acids is 1. The van der Waals surface area contributed by atoms with Crippen LogP contribution in [0.2, 0.25) is 0 Å². The molecule has 110 valence electrons. The third kappa shape index (κ3) is 2.29. The maximum Gasteiger partial charge on any atom is 0.330 e. The highest BCUT2D eigenvalue weighted by atomic mass is 16.5. The number of nitrogens with zero attached hydrogens (tertiary/aromatic N) is 1. The van der Waals surface area contributed by atoms with Gasteiger partial charge in [0.25, 0.3) is 5.56 Å². The second kappa shape index (κ2) is 5.24. The average Bonchev–Trinajstić information content (AvgIpc) is 2.76. The molecule has 1 fully saturated rings. The number of hydrogen-bond donors (Lipinski definition) is 1. The van der Waals surface area contributed by atoms with Crippen LogP contribution in [0, 0.1) is 5.41 Å². The van der Waals surface area contributed by atoms with Gasteiger partial charge in [0.15, 0.2) is 0 Å². The molecule has 1 N–H and O–H groups in total. The SMILES string of the molecule is CCC1OC(n2ccc(=O)[nH]c2=O)CC1(C)C(=O)OC. The lowest BCUT2D eigenvalue weighted by atomic mass is 9.81. The van der Waals surface area contributed by atoms with E-state index in [1.165, 1.54) is 23.9 Å². The van der Waals surface area contributed by atoms with E-state index in [1.807, 2.05) is 6.92 Å². The fourth-order valence-corrected chi connectivity index (χ4v) is 2.69. The summed E-state index contributed by atoms with van der Waals surface area (Å²) in [6.07, 6.45) is 1.40. The summed E-state index contributed by atoms with van der Waals surface area (Å²) in [5.41, 5.74) is -1.82. The number of hydrogen-bond acceptors (Lipinski definition) is 5. The minimum absolute atomic E-state index is 0.324. The molecule has 3 atom stereocenters.